The molecule has 1 aromatic carbocycles. The molecule has 82 valence electrons. The minimum atomic E-state index is 0.490. The number of hydrogen-bond donors (Lipinski definition) is 1. The standard InChI is InChI=1S/C12H16BrNO/c1-3-4-5-15-12-9(2)6-11(13)7-10(12)8-14/h3,6-7H,1,4-5,8,14H2,2H3. The molecule has 3 heteroatoms. The molecule has 0 amide bonds. The molecule has 1 rings (SSSR count). The fraction of sp³-hybridized carbons (Fsp3) is 0.333. The van der Waals surface area contributed by atoms with Gasteiger partial charge in [-0.1, -0.05) is 22.0 Å². The SMILES string of the molecule is C=CCCOc1c(C)cc(Br)cc1CN. The van der Waals surface area contributed by atoms with Crippen molar-refractivity contribution in [2.24, 2.45) is 5.73 Å². The maximum Gasteiger partial charge on any atom is 0.126 e. The Morgan fingerprint density at radius 2 is 2.27 bits per heavy atom. The second-order valence-corrected chi connectivity index (χ2v) is 4.26. The van der Waals surface area contributed by atoms with E-state index in [1.807, 2.05) is 25.1 Å². The molecule has 0 saturated carbocycles. The fourth-order valence-electron chi connectivity index (χ4n) is 1.40. The minimum Gasteiger partial charge on any atom is -0.493 e. The van der Waals surface area contributed by atoms with Gasteiger partial charge in [0.15, 0.2) is 0 Å². The second-order valence-electron chi connectivity index (χ2n) is 3.34. The molecule has 2 N–H and O–H groups in total. The highest BCUT2D eigenvalue weighted by Crippen LogP contribution is 2.27. The van der Waals surface area contributed by atoms with Gasteiger partial charge in [0.25, 0.3) is 0 Å². The van der Waals surface area contributed by atoms with Crippen molar-refractivity contribution in [3.05, 3.63) is 40.4 Å². The quantitative estimate of drug-likeness (QED) is 0.658. The van der Waals surface area contributed by atoms with Gasteiger partial charge in [-0.15, -0.1) is 6.58 Å². The Balaban J connectivity index is 2.88. The van der Waals surface area contributed by atoms with E-state index >= 15 is 0 Å². The Kier molecular flexibility index (Phi) is 4.85. The summed E-state index contributed by atoms with van der Waals surface area (Å²) in [7, 11) is 0. The summed E-state index contributed by atoms with van der Waals surface area (Å²) in [5.41, 5.74) is 7.81. The molecular weight excluding hydrogens is 254 g/mol. The number of nitrogens with two attached hydrogens (primary N) is 1. The first-order valence-corrected chi connectivity index (χ1v) is 5.71. The van der Waals surface area contributed by atoms with E-state index < -0.39 is 0 Å². The van der Waals surface area contributed by atoms with Gasteiger partial charge in [-0.05, 0) is 31.0 Å². The number of hydrogen-bond acceptors (Lipinski definition) is 2. The van der Waals surface area contributed by atoms with Crippen LogP contribution in [0.3, 0.4) is 0 Å². The summed E-state index contributed by atoms with van der Waals surface area (Å²) in [6.07, 6.45) is 2.69. The molecule has 0 aliphatic heterocycles. The maximum atomic E-state index is 5.68. The van der Waals surface area contributed by atoms with E-state index in [2.05, 4.69) is 22.5 Å². The van der Waals surface area contributed by atoms with Crippen molar-refractivity contribution in [1.29, 1.82) is 0 Å². The zero-order valence-corrected chi connectivity index (χ0v) is 10.5. The van der Waals surface area contributed by atoms with Crippen molar-refractivity contribution in [2.75, 3.05) is 6.61 Å². The van der Waals surface area contributed by atoms with E-state index in [1.165, 1.54) is 0 Å². The summed E-state index contributed by atoms with van der Waals surface area (Å²) in [5, 5.41) is 0. The summed E-state index contributed by atoms with van der Waals surface area (Å²) in [5.74, 6) is 0.905. The highest BCUT2D eigenvalue weighted by Gasteiger charge is 2.07. The predicted octanol–water partition coefficient (Wildman–Crippen LogP) is 3.17. The lowest BCUT2D eigenvalue weighted by Crippen LogP contribution is -2.05. The van der Waals surface area contributed by atoms with Crippen LogP contribution < -0.4 is 10.5 Å². The lowest BCUT2D eigenvalue weighted by Gasteiger charge is -2.13. The number of ether oxygens (including phenoxy) is 1. The molecule has 0 saturated heterocycles. The highest BCUT2D eigenvalue weighted by molar-refractivity contribution is 9.10. The van der Waals surface area contributed by atoms with Crippen molar-refractivity contribution in [1.82, 2.24) is 0 Å². The summed E-state index contributed by atoms with van der Waals surface area (Å²) in [6, 6.07) is 4.03. The van der Waals surface area contributed by atoms with Gasteiger partial charge in [-0.2, -0.15) is 0 Å². The zero-order chi connectivity index (χ0) is 11.3. The Morgan fingerprint density at radius 1 is 1.53 bits per heavy atom. The summed E-state index contributed by atoms with van der Waals surface area (Å²) >= 11 is 3.44. The van der Waals surface area contributed by atoms with E-state index in [4.69, 9.17) is 10.5 Å². The van der Waals surface area contributed by atoms with Crippen LogP contribution in [0, 0.1) is 6.92 Å². The monoisotopic (exact) mass is 269 g/mol. The van der Waals surface area contributed by atoms with Crippen LogP contribution in [0.25, 0.3) is 0 Å². The number of benzene rings is 1. The average molecular weight is 270 g/mol. The van der Waals surface area contributed by atoms with Crippen LogP contribution in [-0.4, -0.2) is 6.61 Å². The Morgan fingerprint density at radius 3 is 2.87 bits per heavy atom. The first-order chi connectivity index (χ1) is 7.19. The molecule has 0 spiro atoms. The topological polar surface area (TPSA) is 35.2 Å². The van der Waals surface area contributed by atoms with Crippen molar-refractivity contribution >= 4 is 15.9 Å². The van der Waals surface area contributed by atoms with E-state index in [0.29, 0.717) is 13.2 Å². The van der Waals surface area contributed by atoms with Crippen LogP contribution in [-0.2, 0) is 6.54 Å². The number of aryl methyl sites for hydroxylation is 1. The van der Waals surface area contributed by atoms with Gasteiger partial charge in [-0.25, -0.2) is 0 Å². The van der Waals surface area contributed by atoms with Gasteiger partial charge in [0.1, 0.15) is 5.75 Å². The summed E-state index contributed by atoms with van der Waals surface area (Å²) in [6.45, 7) is 6.82. The average Bonchev–Trinajstić information content (AvgIpc) is 2.20. The van der Waals surface area contributed by atoms with Crippen LogP contribution in [0.5, 0.6) is 5.75 Å². The first kappa shape index (κ1) is 12.3. The lowest BCUT2D eigenvalue weighted by atomic mass is 10.1. The van der Waals surface area contributed by atoms with Gasteiger partial charge in [0.05, 0.1) is 6.61 Å². The molecular formula is C12H16BrNO. The minimum absolute atomic E-state index is 0.490. The smallest absolute Gasteiger partial charge is 0.126 e. The molecule has 15 heavy (non-hydrogen) atoms. The molecule has 0 aliphatic carbocycles. The van der Waals surface area contributed by atoms with E-state index in [9.17, 15) is 0 Å². The van der Waals surface area contributed by atoms with Crippen molar-refractivity contribution in [3.63, 3.8) is 0 Å². The van der Waals surface area contributed by atoms with Crippen LogP contribution in [0.15, 0.2) is 29.3 Å². The number of halogens is 1. The fourth-order valence-corrected chi connectivity index (χ4v) is 2.02. The zero-order valence-electron chi connectivity index (χ0n) is 8.92. The van der Waals surface area contributed by atoms with Gasteiger partial charge >= 0.3 is 0 Å². The first-order valence-electron chi connectivity index (χ1n) is 4.91. The van der Waals surface area contributed by atoms with Gasteiger partial charge in [0.2, 0.25) is 0 Å². The van der Waals surface area contributed by atoms with Crippen LogP contribution in [0.1, 0.15) is 17.5 Å². The summed E-state index contributed by atoms with van der Waals surface area (Å²) < 4.78 is 6.72. The summed E-state index contributed by atoms with van der Waals surface area (Å²) in [4.78, 5) is 0. The maximum absolute atomic E-state index is 5.68. The van der Waals surface area contributed by atoms with Crippen LogP contribution in [0.4, 0.5) is 0 Å². The lowest BCUT2D eigenvalue weighted by molar-refractivity contribution is 0.319. The Labute approximate surface area is 99.3 Å². The third kappa shape index (κ3) is 3.36. The predicted molar refractivity (Wildman–Crippen MR) is 67.1 cm³/mol. The molecule has 0 radical (unpaired) electrons. The number of rotatable bonds is 5. The molecule has 0 fully saturated rings. The third-order valence-corrected chi connectivity index (χ3v) is 2.56. The molecule has 0 bridgehead atoms. The third-order valence-electron chi connectivity index (χ3n) is 2.10. The molecule has 0 unspecified atom stereocenters. The highest BCUT2D eigenvalue weighted by atomic mass is 79.9. The van der Waals surface area contributed by atoms with Crippen molar-refractivity contribution < 1.29 is 4.74 Å². The molecule has 0 atom stereocenters. The van der Waals surface area contributed by atoms with Crippen LogP contribution >= 0.6 is 15.9 Å². The van der Waals surface area contributed by atoms with Crippen molar-refractivity contribution in [2.45, 2.75) is 19.9 Å². The van der Waals surface area contributed by atoms with E-state index in [1.54, 1.807) is 0 Å². The second kappa shape index (κ2) is 5.93. The van der Waals surface area contributed by atoms with Gasteiger partial charge in [-0.3, -0.25) is 0 Å². The van der Waals surface area contributed by atoms with Gasteiger partial charge < -0.3 is 10.5 Å². The van der Waals surface area contributed by atoms with Crippen molar-refractivity contribution in [3.8, 4) is 5.75 Å². The molecule has 2 nitrogen and oxygen atoms in total. The molecule has 0 aromatic heterocycles. The van der Waals surface area contributed by atoms with E-state index in [0.717, 1.165) is 27.8 Å². The van der Waals surface area contributed by atoms with E-state index in [-0.39, 0.29) is 0 Å². The molecule has 0 heterocycles. The Hall–Kier alpha value is -0.800. The molecule has 1 aromatic rings. The Bertz CT molecular complexity index is 350. The van der Waals surface area contributed by atoms with Gasteiger partial charge in [0, 0.05) is 16.6 Å². The normalized spacial score (nSPS) is 10.1. The molecule has 0 aliphatic rings. The van der Waals surface area contributed by atoms with Crippen LogP contribution in [0.2, 0.25) is 0 Å². The largest absolute Gasteiger partial charge is 0.493 e.